The minimum absolute atomic E-state index is 0.0638. The SMILES string of the molecule is O=C(COc1ccc(Cl)c(F)c1)NC1=C2CC(NC(=O)c3ccc(C(F)F)nc3)(C2)C[C@@H]1O. The summed E-state index contributed by atoms with van der Waals surface area (Å²) in [5.41, 5.74) is 0.183. The van der Waals surface area contributed by atoms with Gasteiger partial charge in [-0.2, -0.15) is 0 Å². The van der Waals surface area contributed by atoms with E-state index >= 15 is 0 Å². The number of nitrogens with one attached hydrogen (secondary N) is 2. The Morgan fingerprint density at radius 3 is 2.64 bits per heavy atom. The number of aliphatic hydroxyl groups is 1. The van der Waals surface area contributed by atoms with Gasteiger partial charge in [0.15, 0.2) is 6.61 Å². The first-order valence-corrected chi connectivity index (χ1v) is 10.4. The Balaban J connectivity index is 1.33. The molecule has 11 heteroatoms. The third-order valence-electron chi connectivity index (χ3n) is 5.59. The standard InChI is InChI=1S/C22H19ClF3N3O4/c23-14-3-2-13(5-15(14)24)33-10-18(31)28-19-12-6-22(7-12,8-17(19)30)29-21(32)11-1-4-16(20(25)26)27-9-11/h1-5,9,17,20,30H,6-8,10H2,(H,28,31)(H,29,32)/t17-/m0/s1. The quantitative estimate of drug-likeness (QED) is 0.563. The molecule has 1 aromatic carbocycles. The fraction of sp³-hybridized carbons (Fsp3) is 0.318. The van der Waals surface area contributed by atoms with Crippen LogP contribution in [-0.2, 0) is 4.79 Å². The van der Waals surface area contributed by atoms with Gasteiger partial charge in [0.05, 0.1) is 22.2 Å². The summed E-state index contributed by atoms with van der Waals surface area (Å²) in [6.45, 7) is -0.395. The lowest BCUT2D eigenvalue weighted by molar-refractivity contribution is -0.123. The maximum atomic E-state index is 13.5. The molecule has 1 fully saturated rings. The number of hydrogen-bond donors (Lipinski definition) is 3. The molecule has 1 heterocycles. The van der Waals surface area contributed by atoms with Gasteiger partial charge in [-0.05, 0) is 42.7 Å². The summed E-state index contributed by atoms with van der Waals surface area (Å²) >= 11 is 5.60. The van der Waals surface area contributed by atoms with Crippen LogP contribution in [0.15, 0.2) is 47.8 Å². The molecule has 1 saturated carbocycles. The smallest absolute Gasteiger partial charge is 0.280 e. The van der Waals surface area contributed by atoms with Crippen LogP contribution in [0, 0.1) is 5.82 Å². The number of carbonyl (C=O) groups is 2. The molecule has 1 atom stereocenters. The average molecular weight is 482 g/mol. The summed E-state index contributed by atoms with van der Waals surface area (Å²) in [5, 5.41) is 15.9. The molecule has 2 amide bonds. The Hall–Kier alpha value is -3.11. The molecule has 2 bridgehead atoms. The van der Waals surface area contributed by atoms with E-state index in [1.807, 2.05) is 0 Å². The van der Waals surface area contributed by atoms with Crippen molar-refractivity contribution in [3.63, 3.8) is 0 Å². The fourth-order valence-corrected chi connectivity index (χ4v) is 4.12. The van der Waals surface area contributed by atoms with Crippen molar-refractivity contribution in [3.8, 4) is 5.75 Å². The van der Waals surface area contributed by atoms with Gasteiger partial charge in [0.2, 0.25) is 0 Å². The summed E-state index contributed by atoms with van der Waals surface area (Å²) in [6, 6.07) is 6.16. The number of pyridine rings is 1. The van der Waals surface area contributed by atoms with Gasteiger partial charge < -0.3 is 20.5 Å². The Bertz CT molecular complexity index is 1120. The minimum Gasteiger partial charge on any atom is -0.484 e. The van der Waals surface area contributed by atoms with Gasteiger partial charge in [0.25, 0.3) is 18.2 Å². The highest BCUT2D eigenvalue weighted by Gasteiger charge is 2.50. The van der Waals surface area contributed by atoms with Crippen molar-refractivity contribution in [1.82, 2.24) is 15.6 Å². The molecular formula is C22H19ClF3N3O4. The van der Waals surface area contributed by atoms with E-state index in [2.05, 4.69) is 15.6 Å². The van der Waals surface area contributed by atoms with Crippen molar-refractivity contribution in [2.45, 2.75) is 37.3 Å². The predicted octanol–water partition coefficient (Wildman–Crippen LogP) is 3.29. The summed E-state index contributed by atoms with van der Waals surface area (Å²) in [5.74, 6) is -1.54. The minimum atomic E-state index is -2.72. The number of ether oxygens (including phenoxy) is 1. The number of rotatable bonds is 7. The van der Waals surface area contributed by atoms with E-state index in [4.69, 9.17) is 16.3 Å². The van der Waals surface area contributed by atoms with Crippen LogP contribution >= 0.6 is 11.6 Å². The van der Waals surface area contributed by atoms with Crippen LogP contribution in [0.2, 0.25) is 5.02 Å². The van der Waals surface area contributed by atoms with E-state index < -0.39 is 48.0 Å². The van der Waals surface area contributed by atoms with Crippen molar-refractivity contribution in [1.29, 1.82) is 0 Å². The Labute approximate surface area is 191 Å². The molecule has 3 N–H and O–H groups in total. The molecule has 2 aromatic rings. The molecule has 0 saturated heterocycles. The summed E-state index contributed by atoms with van der Waals surface area (Å²) < 4.78 is 43.9. The molecule has 0 spiro atoms. The second kappa shape index (κ2) is 9.03. The zero-order valence-corrected chi connectivity index (χ0v) is 17.8. The van der Waals surface area contributed by atoms with E-state index in [9.17, 15) is 27.9 Å². The van der Waals surface area contributed by atoms with E-state index in [0.29, 0.717) is 18.5 Å². The zero-order valence-electron chi connectivity index (χ0n) is 17.1. The first kappa shape index (κ1) is 23.1. The number of benzene rings is 1. The van der Waals surface area contributed by atoms with E-state index in [0.717, 1.165) is 23.9 Å². The highest BCUT2D eigenvalue weighted by molar-refractivity contribution is 6.30. The van der Waals surface area contributed by atoms with Crippen molar-refractivity contribution in [2.75, 3.05) is 6.61 Å². The normalized spacial score (nSPS) is 21.5. The van der Waals surface area contributed by atoms with Crippen LogP contribution < -0.4 is 15.4 Å². The third kappa shape index (κ3) is 4.96. The van der Waals surface area contributed by atoms with Gasteiger partial charge in [-0.1, -0.05) is 11.6 Å². The molecule has 0 aliphatic heterocycles. The second-order valence-electron chi connectivity index (χ2n) is 8.01. The van der Waals surface area contributed by atoms with Crippen LogP contribution in [-0.4, -0.2) is 40.2 Å². The number of aromatic nitrogens is 1. The fourth-order valence-electron chi connectivity index (χ4n) is 4.00. The van der Waals surface area contributed by atoms with E-state index in [1.54, 1.807) is 0 Å². The number of aliphatic hydroxyl groups excluding tert-OH is 1. The van der Waals surface area contributed by atoms with Gasteiger partial charge >= 0.3 is 0 Å². The highest BCUT2D eigenvalue weighted by atomic mass is 35.5. The van der Waals surface area contributed by atoms with Crippen molar-refractivity contribution in [2.24, 2.45) is 0 Å². The number of amides is 2. The van der Waals surface area contributed by atoms with Gasteiger partial charge in [-0.25, -0.2) is 13.2 Å². The summed E-state index contributed by atoms with van der Waals surface area (Å²) in [6.07, 6.45) is -1.63. The Kier molecular flexibility index (Phi) is 6.31. The molecule has 3 aliphatic rings. The summed E-state index contributed by atoms with van der Waals surface area (Å²) in [7, 11) is 0. The molecule has 174 valence electrons. The van der Waals surface area contributed by atoms with E-state index in [-0.39, 0.29) is 22.8 Å². The third-order valence-corrected chi connectivity index (χ3v) is 5.89. The number of halogens is 4. The highest BCUT2D eigenvalue weighted by Crippen LogP contribution is 2.48. The van der Waals surface area contributed by atoms with Crippen LogP contribution in [0.25, 0.3) is 0 Å². The first-order chi connectivity index (χ1) is 15.7. The van der Waals surface area contributed by atoms with Gasteiger partial charge in [-0.15, -0.1) is 0 Å². The molecule has 3 aliphatic carbocycles. The van der Waals surface area contributed by atoms with Gasteiger partial charge in [0.1, 0.15) is 17.3 Å². The lowest BCUT2D eigenvalue weighted by atomic mass is 9.63. The molecule has 1 aromatic heterocycles. The molecule has 0 radical (unpaired) electrons. The van der Waals surface area contributed by atoms with Crippen LogP contribution in [0.4, 0.5) is 13.2 Å². The number of alkyl halides is 2. The average Bonchev–Trinajstić information content (AvgIpc) is 2.75. The summed E-state index contributed by atoms with van der Waals surface area (Å²) in [4.78, 5) is 28.3. The largest absolute Gasteiger partial charge is 0.484 e. The maximum absolute atomic E-state index is 13.5. The molecular weight excluding hydrogens is 463 g/mol. The van der Waals surface area contributed by atoms with Crippen LogP contribution in [0.3, 0.4) is 0 Å². The van der Waals surface area contributed by atoms with Crippen LogP contribution in [0.1, 0.15) is 41.7 Å². The number of fused-ring (bicyclic) bond motifs is 2. The molecule has 5 rings (SSSR count). The molecule has 33 heavy (non-hydrogen) atoms. The monoisotopic (exact) mass is 481 g/mol. The number of hydrogen-bond acceptors (Lipinski definition) is 5. The van der Waals surface area contributed by atoms with Gasteiger partial charge in [0, 0.05) is 24.4 Å². The predicted molar refractivity (Wildman–Crippen MR) is 111 cm³/mol. The second-order valence-corrected chi connectivity index (χ2v) is 8.42. The van der Waals surface area contributed by atoms with Crippen molar-refractivity contribution in [3.05, 3.63) is 69.9 Å². The zero-order chi connectivity index (χ0) is 23.8. The van der Waals surface area contributed by atoms with Crippen LogP contribution in [0.5, 0.6) is 5.75 Å². The molecule has 7 nitrogen and oxygen atoms in total. The first-order valence-electron chi connectivity index (χ1n) is 10.00. The van der Waals surface area contributed by atoms with E-state index in [1.165, 1.54) is 18.2 Å². The Morgan fingerprint density at radius 1 is 1.27 bits per heavy atom. The van der Waals surface area contributed by atoms with Crippen molar-refractivity contribution < 1.29 is 32.6 Å². The Morgan fingerprint density at radius 2 is 2.03 bits per heavy atom. The van der Waals surface area contributed by atoms with Crippen molar-refractivity contribution >= 4 is 23.4 Å². The lowest BCUT2D eigenvalue weighted by Gasteiger charge is -2.51. The topological polar surface area (TPSA) is 101 Å². The lowest BCUT2D eigenvalue weighted by Crippen LogP contribution is -2.61. The number of carbonyl (C=O) groups excluding carboxylic acids is 2. The van der Waals surface area contributed by atoms with Gasteiger partial charge in [-0.3, -0.25) is 14.6 Å². The molecule has 0 unspecified atom stereocenters. The number of nitrogens with zero attached hydrogens (tertiary/aromatic N) is 1. The maximum Gasteiger partial charge on any atom is 0.280 e.